The van der Waals surface area contributed by atoms with Gasteiger partial charge in [-0.1, -0.05) is 25.5 Å². The molecule has 1 saturated heterocycles. The zero-order valence-corrected chi connectivity index (χ0v) is 17.5. The lowest BCUT2D eigenvalue weighted by molar-refractivity contribution is -0.175. The van der Waals surface area contributed by atoms with Crippen molar-refractivity contribution in [1.29, 1.82) is 0 Å². The van der Waals surface area contributed by atoms with Crippen molar-refractivity contribution in [2.45, 2.75) is 64.4 Å². The Bertz CT molecular complexity index is 855. The van der Waals surface area contributed by atoms with E-state index in [2.05, 4.69) is 19.9 Å². The van der Waals surface area contributed by atoms with Crippen LogP contribution in [0.4, 0.5) is 0 Å². The fourth-order valence-corrected chi connectivity index (χ4v) is 7.89. The number of fused-ring (bicyclic) bond motifs is 6. The van der Waals surface area contributed by atoms with Crippen molar-refractivity contribution in [2.75, 3.05) is 7.11 Å². The quantitative estimate of drug-likeness (QED) is 0.629. The highest BCUT2D eigenvalue weighted by Gasteiger charge is 2.68. The van der Waals surface area contributed by atoms with Crippen molar-refractivity contribution in [3.8, 4) is 0 Å². The van der Waals surface area contributed by atoms with E-state index < -0.39 is 0 Å². The molecule has 0 aromatic heterocycles. The Morgan fingerprint density at radius 3 is 2.59 bits per heavy atom. The third-order valence-electron chi connectivity index (χ3n) is 9.45. The van der Waals surface area contributed by atoms with Gasteiger partial charge in [0.2, 0.25) is 0 Å². The molecule has 1 heterocycles. The summed E-state index contributed by atoms with van der Waals surface area (Å²) >= 11 is 0. The zero-order valence-electron chi connectivity index (χ0n) is 17.5. The van der Waals surface area contributed by atoms with Crippen molar-refractivity contribution < 1.29 is 23.9 Å². The molecule has 4 aliphatic carbocycles. The molecule has 0 amide bonds. The second-order valence-corrected chi connectivity index (χ2v) is 10.3. The molecule has 0 aromatic carbocycles. The van der Waals surface area contributed by atoms with Crippen LogP contribution in [0, 0.1) is 34.5 Å². The summed E-state index contributed by atoms with van der Waals surface area (Å²) in [6.07, 6.45) is 11.2. The van der Waals surface area contributed by atoms with Gasteiger partial charge in [-0.3, -0.25) is 14.4 Å². The summed E-state index contributed by atoms with van der Waals surface area (Å²) in [5.74, 6) is 0.326. The second kappa shape index (κ2) is 6.05. The highest BCUT2D eigenvalue weighted by atomic mass is 16.6. The van der Waals surface area contributed by atoms with Crippen LogP contribution in [0.15, 0.2) is 23.8 Å². The average molecular weight is 398 g/mol. The molecule has 1 aliphatic heterocycles. The third kappa shape index (κ3) is 2.36. The molecule has 156 valence electrons. The summed E-state index contributed by atoms with van der Waals surface area (Å²) in [5, 5.41) is 0. The first-order chi connectivity index (χ1) is 13.7. The number of methoxy groups -OCH3 is 1. The van der Waals surface area contributed by atoms with Gasteiger partial charge in [-0.2, -0.15) is 0 Å². The smallest absolute Gasteiger partial charge is 0.309 e. The molecule has 4 fully saturated rings. The molecule has 0 radical (unpaired) electrons. The summed E-state index contributed by atoms with van der Waals surface area (Å²) in [5.41, 5.74) is 0.422. The fourth-order valence-electron chi connectivity index (χ4n) is 7.89. The second-order valence-electron chi connectivity index (χ2n) is 10.3. The van der Waals surface area contributed by atoms with Crippen LogP contribution in [0.3, 0.4) is 0 Å². The molecular formula is C24H30O5. The molecule has 5 nitrogen and oxygen atoms in total. The monoisotopic (exact) mass is 398 g/mol. The normalized spacial score (nSPS) is 47.9. The number of carbonyl (C=O) groups excluding carboxylic acids is 3. The number of ketones is 1. The van der Waals surface area contributed by atoms with Crippen LogP contribution >= 0.6 is 0 Å². The maximum Gasteiger partial charge on any atom is 0.309 e. The van der Waals surface area contributed by atoms with Crippen molar-refractivity contribution in [1.82, 2.24) is 0 Å². The van der Waals surface area contributed by atoms with E-state index in [-0.39, 0.29) is 46.0 Å². The van der Waals surface area contributed by atoms with Crippen molar-refractivity contribution in [2.24, 2.45) is 34.5 Å². The molecule has 5 heteroatoms. The number of carbonyl (C=O) groups is 3. The van der Waals surface area contributed by atoms with E-state index in [4.69, 9.17) is 9.47 Å². The van der Waals surface area contributed by atoms with E-state index in [1.807, 2.05) is 0 Å². The number of rotatable bonds is 1. The van der Waals surface area contributed by atoms with Crippen LogP contribution in [0.1, 0.15) is 58.8 Å². The topological polar surface area (TPSA) is 69.7 Å². The fraction of sp³-hybridized carbons (Fsp3) is 0.708. The molecule has 0 bridgehead atoms. The zero-order chi connectivity index (χ0) is 20.6. The Balaban J connectivity index is 1.59. The van der Waals surface area contributed by atoms with Gasteiger partial charge in [-0.15, -0.1) is 0 Å². The Labute approximate surface area is 171 Å². The summed E-state index contributed by atoms with van der Waals surface area (Å²) in [6.45, 7) is 4.53. The maximum atomic E-state index is 12.9. The van der Waals surface area contributed by atoms with Gasteiger partial charge in [0.1, 0.15) is 5.60 Å². The number of esters is 2. The number of hydrogen-bond donors (Lipinski definition) is 0. The molecule has 0 N–H and O–H groups in total. The Morgan fingerprint density at radius 2 is 1.90 bits per heavy atom. The van der Waals surface area contributed by atoms with Gasteiger partial charge in [-0.05, 0) is 68.4 Å². The highest BCUT2D eigenvalue weighted by Crippen LogP contribution is 2.70. The number of hydrogen-bond acceptors (Lipinski definition) is 5. The number of allylic oxidation sites excluding steroid dienone is 4. The molecule has 1 spiro atoms. The first kappa shape index (κ1) is 19.1. The Kier molecular flexibility index (Phi) is 3.98. The molecule has 29 heavy (non-hydrogen) atoms. The third-order valence-corrected chi connectivity index (χ3v) is 9.45. The van der Waals surface area contributed by atoms with Gasteiger partial charge >= 0.3 is 11.9 Å². The van der Waals surface area contributed by atoms with Crippen molar-refractivity contribution in [3.05, 3.63) is 23.8 Å². The van der Waals surface area contributed by atoms with Gasteiger partial charge in [0.15, 0.2) is 5.78 Å². The first-order valence-corrected chi connectivity index (χ1v) is 11.0. The summed E-state index contributed by atoms with van der Waals surface area (Å²) in [7, 11) is 1.46. The maximum absolute atomic E-state index is 12.9. The minimum atomic E-state index is -0.365. The van der Waals surface area contributed by atoms with E-state index in [0.717, 1.165) is 37.7 Å². The molecule has 3 saturated carbocycles. The average Bonchev–Trinajstić information content (AvgIpc) is 3.22. The van der Waals surface area contributed by atoms with Gasteiger partial charge in [-0.25, -0.2) is 0 Å². The molecule has 0 unspecified atom stereocenters. The highest BCUT2D eigenvalue weighted by molar-refractivity contribution is 6.01. The lowest BCUT2D eigenvalue weighted by atomic mass is 9.45. The van der Waals surface area contributed by atoms with Crippen molar-refractivity contribution >= 4 is 17.7 Å². The standard InChI is InChI=1S/C24H30O5/c1-22-8-4-15(25)12-14(22)13-16(21(27)28-3)20-17(22)5-9-23(2)18(20)6-10-24(23)11-7-19(26)29-24/h4,8,12,16-18,20H,5-7,9-11,13H2,1-3H3/t16-,17+,18+,20-,22+,23+,24-/m1/s1. The van der Waals surface area contributed by atoms with Crippen LogP contribution in [-0.2, 0) is 23.9 Å². The van der Waals surface area contributed by atoms with Gasteiger partial charge < -0.3 is 9.47 Å². The predicted octanol–water partition coefficient (Wildman–Crippen LogP) is 3.77. The minimum Gasteiger partial charge on any atom is -0.469 e. The van der Waals surface area contributed by atoms with Crippen LogP contribution < -0.4 is 0 Å². The van der Waals surface area contributed by atoms with Gasteiger partial charge in [0.05, 0.1) is 13.0 Å². The van der Waals surface area contributed by atoms with Crippen LogP contribution in [-0.4, -0.2) is 30.4 Å². The predicted molar refractivity (Wildman–Crippen MR) is 106 cm³/mol. The van der Waals surface area contributed by atoms with E-state index in [1.54, 1.807) is 12.2 Å². The number of ether oxygens (including phenoxy) is 2. The summed E-state index contributed by atoms with van der Waals surface area (Å²) in [6, 6.07) is 0. The van der Waals surface area contributed by atoms with E-state index in [1.165, 1.54) is 7.11 Å². The van der Waals surface area contributed by atoms with E-state index in [9.17, 15) is 14.4 Å². The summed E-state index contributed by atoms with van der Waals surface area (Å²) < 4.78 is 11.2. The molecule has 5 rings (SSSR count). The first-order valence-electron chi connectivity index (χ1n) is 11.0. The van der Waals surface area contributed by atoms with Crippen molar-refractivity contribution in [3.63, 3.8) is 0 Å². The van der Waals surface area contributed by atoms with Gasteiger partial charge in [0.25, 0.3) is 0 Å². The Hall–Kier alpha value is -1.91. The largest absolute Gasteiger partial charge is 0.469 e. The molecular weight excluding hydrogens is 368 g/mol. The Morgan fingerprint density at radius 1 is 1.14 bits per heavy atom. The minimum absolute atomic E-state index is 0.0119. The lowest BCUT2D eigenvalue weighted by Gasteiger charge is -2.59. The van der Waals surface area contributed by atoms with Crippen LogP contribution in [0.5, 0.6) is 0 Å². The van der Waals surface area contributed by atoms with E-state index >= 15 is 0 Å². The lowest BCUT2D eigenvalue weighted by Crippen LogP contribution is -2.57. The molecule has 7 atom stereocenters. The van der Waals surface area contributed by atoms with Crippen LogP contribution in [0.2, 0.25) is 0 Å². The molecule has 0 aromatic rings. The molecule has 5 aliphatic rings. The van der Waals surface area contributed by atoms with Crippen LogP contribution in [0.25, 0.3) is 0 Å². The summed E-state index contributed by atoms with van der Waals surface area (Å²) in [4.78, 5) is 37.0. The van der Waals surface area contributed by atoms with Gasteiger partial charge in [0, 0.05) is 17.3 Å². The van der Waals surface area contributed by atoms with E-state index in [0.29, 0.717) is 24.7 Å². The SMILES string of the molecule is COC(=O)[C@@H]1CC2=CC(=O)C=C[C@]2(C)[C@H]2CC[C@@]3(C)[C@@H](CC[C@@]34CCC(=O)O4)[C@H]12.